The van der Waals surface area contributed by atoms with Crippen LogP contribution in [-0.2, 0) is 0 Å². The first-order valence-electron chi connectivity index (χ1n) is 10.1. The van der Waals surface area contributed by atoms with Gasteiger partial charge in [-0.3, -0.25) is 0 Å². The van der Waals surface area contributed by atoms with E-state index in [1.807, 2.05) is 6.20 Å². The Hall–Kier alpha value is -0.900. The summed E-state index contributed by atoms with van der Waals surface area (Å²) >= 11 is 1.53. The molecule has 0 fully saturated rings. The van der Waals surface area contributed by atoms with Gasteiger partial charge in [-0.05, 0) is 19.0 Å². The van der Waals surface area contributed by atoms with Crippen molar-refractivity contribution in [3.63, 3.8) is 0 Å². The molecule has 0 bridgehead atoms. The molecule has 1 rings (SSSR count). The zero-order valence-corrected chi connectivity index (χ0v) is 16.5. The Bertz CT molecular complexity index is 376. The first-order chi connectivity index (χ1) is 11.9. The number of rotatable bonds is 17. The lowest BCUT2D eigenvalue weighted by Crippen LogP contribution is -1.86. The first kappa shape index (κ1) is 21.1. The fraction of sp³-hybridized carbons (Fsp3) is 0.800. The molecule has 4 heteroatoms. The minimum Gasteiger partial charge on any atom is -0.337 e. The molecule has 1 N–H and O–H groups in total. The summed E-state index contributed by atoms with van der Waals surface area (Å²) in [4.78, 5) is 0. The van der Waals surface area contributed by atoms with Crippen LogP contribution in [0.5, 0.6) is 0 Å². The van der Waals surface area contributed by atoms with Crippen LogP contribution < -0.4 is 5.32 Å². The average molecular weight is 352 g/mol. The second-order valence-corrected chi connectivity index (χ2v) is 7.51. The monoisotopic (exact) mass is 351 g/mol. The molecule has 1 aromatic rings. The predicted octanol–water partition coefficient (Wildman–Crippen LogP) is 7.34. The van der Waals surface area contributed by atoms with Gasteiger partial charge < -0.3 is 5.32 Å². The Kier molecular flexibility index (Phi) is 14.9. The van der Waals surface area contributed by atoms with Crippen LogP contribution in [0.25, 0.3) is 0 Å². The molecule has 1 aromatic heterocycles. The van der Waals surface area contributed by atoms with Gasteiger partial charge in [-0.1, -0.05) is 108 Å². The number of anilines is 1. The Morgan fingerprint density at radius 3 is 1.88 bits per heavy atom. The number of aromatic nitrogens is 2. The summed E-state index contributed by atoms with van der Waals surface area (Å²) in [6.45, 7) is 2.29. The summed E-state index contributed by atoms with van der Waals surface area (Å²) in [5.41, 5.74) is 1.74. The van der Waals surface area contributed by atoms with Gasteiger partial charge in [0.15, 0.2) is 0 Å². The average Bonchev–Trinajstić information content (AvgIpc) is 3.11. The molecule has 138 valence electrons. The standard InChI is InChI=1S/C20H37N3S/c1-2-3-4-5-6-7-8-9-10-11-12-13-14-15-16-17-18-21-20-23-22-19-24-20/h17-19H,2-16H2,1H3,(H,21,23). The summed E-state index contributed by atoms with van der Waals surface area (Å²) in [7, 11) is 0. The third-order valence-electron chi connectivity index (χ3n) is 4.41. The molecule has 1 heterocycles. The van der Waals surface area contributed by atoms with Gasteiger partial charge in [-0.2, -0.15) is 0 Å². The third-order valence-corrected chi connectivity index (χ3v) is 5.03. The highest BCUT2D eigenvalue weighted by atomic mass is 32.1. The van der Waals surface area contributed by atoms with Gasteiger partial charge in [0.2, 0.25) is 5.13 Å². The first-order valence-corrected chi connectivity index (χ1v) is 11.0. The van der Waals surface area contributed by atoms with Crippen molar-refractivity contribution in [2.75, 3.05) is 5.32 Å². The highest BCUT2D eigenvalue weighted by molar-refractivity contribution is 7.13. The fourth-order valence-electron chi connectivity index (χ4n) is 2.91. The van der Waals surface area contributed by atoms with E-state index in [-0.39, 0.29) is 0 Å². The molecular weight excluding hydrogens is 314 g/mol. The molecular formula is C20H37N3S. The second kappa shape index (κ2) is 16.9. The zero-order chi connectivity index (χ0) is 17.1. The molecule has 0 unspecified atom stereocenters. The predicted molar refractivity (Wildman–Crippen MR) is 108 cm³/mol. The van der Waals surface area contributed by atoms with Crippen LogP contribution in [0.15, 0.2) is 17.8 Å². The van der Waals surface area contributed by atoms with Crippen LogP contribution in [0.1, 0.15) is 103 Å². The van der Waals surface area contributed by atoms with E-state index in [1.54, 1.807) is 5.51 Å². The van der Waals surface area contributed by atoms with Gasteiger partial charge in [0.1, 0.15) is 5.51 Å². The summed E-state index contributed by atoms with van der Waals surface area (Å²) in [6.07, 6.45) is 25.2. The molecule has 0 amide bonds. The summed E-state index contributed by atoms with van der Waals surface area (Å²) in [6, 6.07) is 0. The molecule has 0 radical (unpaired) electrons. The molecule has 0 aliphatic heterocycles. The van der Waals surface area contributed by atoms with E-state index in [9.17, 15) is 0 Å². The number of allylic oxidation sites excluding steroid dienone is 1. The van der Waals surface area contributed by atoms with Crippen LogP contribution in [0.4, 0.5) is 5.13 Å². The SMILES string of the molecule is CCCCCCCCCCCCCCCCC=CNc1nncs1. The van der Waals surface area contributed by atoms with Gasteiger partial charge in [0, 0.05) is 0 Å². The number of unbranched alkanes of at least 4 members (excludes halogenated alkanes) is 14. The topological polar surface area (TPSA) is 37.8 Å². The molecule has 0 aliphatic rings. The van der Waals surface area contributed by atoms with Gasteiger partial charge >= 0.3 is 0 Å². The maximum absolute atomic E-state index is 3.93. The summed E-state index contributed by atoms with van der Waals surface area (Å²) in [5, 5.41) is 11.7. The highest BCUT2D eigenvalue weighted by Gasteiger charge is 1.94. The zero-order valence-electron chi connectivity index (χ0n) is 15.6. The lowest BCUT2D eigenvalue weighted by atomic mass is 10.0. The molecule has 0 spiro atoms. The number of hydrogen-bond donors (Lipinski definition) is 1. The maximum atomic E-state index is 3.93. The van der Waals surface area contributed by atoms with Crippen molar-refractivity contribution in [3.05, 3.63) is 17.8 Å². The fourth-order valence-corrected chi connectivity index (χ4v) is 3.33. The van der Waals surface area contributed by atoms with E-state index < -0.39 is 0 Å². The van der Waals surface area contributed by atoms with Gasteiger partial charge in [-0.25, -0.2) is 0 Å². The van der Waals surface area contributed by atoms with E-state index in [4.69, 9.17) is 0 Å². The summed E-state index contributed by atoms with van der Waals surface area (Å²) < 4.78 is 0. The molecule has 3 nitrogen and oxygen atoms in total. The van der Waals surface area contributed by atoms with E-state index in [1.165, 1.54) is 101 Å². The van der Waals surface area contributed by atoms with E-state index in [0.29, 0.717) is 0 Å². The lowest BCUT2D eigenvalue weighted by molar-refractivity contribution is 0.536. The van der Waals surface area contributed by atoms with Crippen molar-refractivity contribution in [2.24, 2.45) is 0 Å². The van der Waals surface area contributed by atoms with Crippen LogP contribution >= 0.6 is 11.3 Å². The third kappa shape index (κ3) is 13.5. The summed E-state index contributed by atoms with van der Waals surface area (Å²) in [5.74, 6) is 0. The molecule has 0 saturated carbocycles. The smallest absolute Gasteiger partial charge is 0.209 e. The van der Waals surface area contributed by atoms with Crippen LogP contribution in [0.3, 0.4) is 0 Å². The van der Waals surface area contributed by atoms with Crippen LogP contribution in [0.2, 0.25) is 0 Å². The van der Waals surface area contributed by atoms with Gasteiger partial charge in [0.05, 0.1) is 0 Å². The molecule has 0 saturated heterocycles. The highest BCUT2D eigenvalue weighted by Crippen LogP contribution is 2.13. The Balaban J connectivity index is 1.71. The molecule has 0 atom stereocenters. The van der Waals surface area contributed by atoms with Crippen molar-refractivity contribution in [1.29, 1.82) is 0 Å². The van der Waals surface area contributed by atoms with Crippen molar-refractivity contribution < 1.29 is 0 Å². The van der Waals surface area contributed by atoms with E-state index >= 15 is 0 Å². The van der Waals surface area contributed by atoms with Gasteiger partial charge in [-0.15, -0.1) is 10.2 Å². The second-order valence-electron chi connectivity index (χ2n) is 6.68. The van der Waals surface area contributed by atoms with Crippen LogP contribution in [0, 0.1) is 0 Å². The number of nitrogens with zero attached hydrogens (tertiary/aromatic N) is 2. The Morgan fingerprint density at radius 1 is 0.833 bits per heavy atom. The molecule has 0 aliphatic carbocycles. The largest absolute Gasteiger partial charge is 0.337 e. The molecule has 0 aromatic carbocycles. The maximum Gasteiger partial charge on any atom is 0.209 e. The lowest BCUT2D eigenvalue weighted by Gasteiger charge is -2.02. The Labute approximate surface area is 153 Å². The normalized spacial score (nSPS) is 11.4. The molecule has 24 heavy (non-hydrogen) atoms. The number of hydrogen-bond acceptors (Lipinski definition) is 4. The Morgan fingerprint density at radius 2 is 1.38 bits per heavy atom. The number of nitrogens with one attached hydrogen (secondary N) is 1. The van der Waals surface area contributed by atoms with Crippen molar-refractivity contribution >= 4 is 16.5 Å². The van der Waals surface area contributed by atoms with Crippen molar-refractivity contribution in [1.82, 2.24) is 10.2 Å². The van der Waals surface area contributed by atoms with Gasteiger partial charge in [0.25, 0.3) is 0 Å². The van der Waals surface area contributed by atoms with Crippen molar-refractivity contribution in [2.45, 2.75) is 103 Å². The minimum absolute atomic E-state index is 0.868. The van der Waals surface area contributed by atoms with Crippen LogP contribution in [-0.4, -0.2) is 10.2 Å². The van der Waals surface area contributed by atoms with E-state index in [2.05, 4.69) is 28.5 Å². The minimum atomic E-state index is 0.868. The quantitative estimate of drug-likeness (QED) is 0.298. The van der Waals surface area contributed by atoms with Crippen molar-refractivity contribution in [3.8, 4) is 0 Å². The van der Waals surface area contributed by atoms with E-state index in [0.717, 1.165) is 11.6 Å².